The van der Waals surface area contributed by atoms with E-state index in [0.717, 1.165) is 6.92 Å². The molecule has 0 rings (SSSR count). The zero-order valence-electron chi connectivity index (χ0n) is 8.99. The maximum Gasteiger partial charge on any atom is 0.313 e. The van der Waals surface area contributed by atoms with Gasteiger partial charge in [0.2, 0.25) is 0 Å². The van der Waals surface area contributed by atoms with Gasteiger partial charge in [-0.05, 0) is 0 Å². The minimum Gasteiger partial charge on any atom is -0.288 e. The lowest BCUT2D eigenvalue weighted by molar-refractivity contribution is -0.218. The Bertz CT molecular complexity index is 258. The summed E-state index contributed by atoms with van der Waals surface area (Å²) in [6.45, 7) is -0.616. The molecule has 0 amide bonds. The van der Waals surface area contributed by atoms with Crippen LogP contribution in [0.5, 0.6) is 0 Å². The molecule has 0 N–H and O–H groups in total. The van der Waals surface area contributed by atoms with E-state index < -0.39 is 48.4 Å². The van der Waals surface area contributed by atoms with Gasteiger partial charge in [0.1, 0.15) is 12.8 Å². The first-order valence-electron chi connectivity index (χ1n) is 4.71. The summed E-state index contributed by atoms with van der Waals surface area (Å²) in [4.78, 5) is 10.4. The van der Waals surface area contributed by atoms with Crippen LogP contribution < -0.4 is 0 Å². The summed E-state index contributed by atoms with van der Waals surface area (Å²) in [6.07, 6.45) is -5.74. The highest BCUT2D eigenvalue weighted by Gasteiger charge is 2.56. The maximum absolute atomic E-state index is 13.0. The lowest BCUT2D eigenvalue weighted by Crippen LogP contribution is -2.43. The molecule has 0 aliphatic heterocycles. The summed E-state index contributed by atoms with van der Waals surface area (Å²) in [5.74, 6) is -9.56. The van der Waals surface area contributed by atoms with Crippen molar-refractivity contribution >= 4 is 16.9 Å². The van der Waals surface area contributed by atoms with Crippen molar-refractivity contribution in [3.05, 3.63) is 0 Å². The smallest absolute Gasteiger partial charge is 0.288 e. The van der Waals surface area contributed by atoms with E-state index >= 15 is 0 Å². The molecule has 0 saturated heterocycles. The molecule has 0 spiro atoms. The van der Waals surface area contributed by atoms with E-state index in [0.29, 0.717) is 11.8 Å². The Morgan fingerprint density at radius 1 is 1.24 bits per heavy atom. The number of alkyl halides is 6. The van der Waals surface area contributed by atoms with Crippen LogP contribution in [0.4, 0.5) is 26.3 Å². The summed E-state index contributed by atoms with van der Waals surface area (Å²) in [6, 6.07) is 0. The monoisotopic (exact) mass is 282 g/mol. The fourth-order valence-electron chi connectivity index (χ4n) is 0.988. The van der Waals surface area contributed by atoms with Gasteiger partial charge in [0.05, 0.1) is 6.42 Å². The number of hydrogen-bond acceptors (Lipinski definition) is 2. The molecule has 0 bridgehead atoms. The van der Waals surface area contributed by atoms with Gasteiger partial charge >= 0.3 is 11.8 Å². The number of hydrogen-bond donors (Lipinski definition) is 0. The van der Waals surface area contributed by atoms with Crippen molar-refractivity contribution in [3.8, 4) is 0 Å². The van der Waals surface area contributed by atoms with E-state index in [1.807, 2.05) is 0 Å². The fraction of sp³-hybridized carbons (Fsp3) is 0.889. The Kier molecular flexibility index (Phi) is 6.36. The molecule has 0 aromatic rings. The van der Waals surface area contributed by atoms with E-state index in [1.165, 1.54) is 0 Å². The standard InChI is InChI=1S/C9H12F6OS/c1-6(16)17-3-2-8(12,13)9(14,15)4-7(11)5-10/h7H,2-5H2,1H3. The molecule has 0 heterocycles. The molecule has 1 unspecified atom stereocenters. The minimum atomic E-state index is -4.62. The van der Waals surface area contributed by atoms with E-state index in [1.54, 1.807) is 0 Å². The van der Waals surface area contributed by atoms with E-state index in [4.69, 9.17) is 0 Å². The molecule has 0 fully saturated rings. The predicted molar refractivity (Wildman–Crippen MR) is 53.1 cm³/mol. The Morgan fingerprint density at radius 2 is 1.76 bits per heavy atom. The Hall–Kier alpha value is -0.400. The van der Waals surface area contributed by atoms with Gasteiger partial charge in [-0.2, -0.15) is 17.6 Å². The van der Waals surface area contributed by atoms with E-state index in [-0.39, 0.29) is 0 Å². The molecule has 102 valence electrons. The van der Waals surface area contributed by atoms with Gasteiger partial charge in [0.25, 0.3) is 0 Å². The first-order valence-corrected chi connectivity index (χ1v) is 5.70. The molecule has 0 aromatic heterocycles. The Balaban J connectivity index is 4.39. The molecular weight excluding hydrogens is 270 g/mol. The lowest BCUT2D eigenvalue weighted by Gasteiger charge is -2.27. The first-order chi connectivity index (χ1) is 7.62. The second-order valence-electron chi connectivity index (χ2n) is 3.45. The van der Waals surface area contributed by atoms with Gasteiger partial charge in [0.15, 0.2) is 5.12 Å². The third-order valence-corrected chi connectivity index (χ3v) is 2.72. The van der Waals surface area contributed by atoms with Crippen LogP contribution in [0.25, 0.3) is 0 Å². The quantitative estimate of drug-likeness (QED) is 0.663. The average molecular weight is 282 g/mol. The van der Waals surface area contributed by atoms with Crippen LogP contribution in [-0.2, 0) is 4.79 Å². The predicted octanol–water partition coefficient (Wildman–Crippen LogP) is 3.62. The molecule has 0 radical (unpaired) electrons. The van der Waals surface area contributed by atoms with Crippen molar-refractivity contribution in [2.75, 3.05) is 12.4 Å². The van der Waals surface area contributed by atoms with Crippen molar-refractivity contribution in [3.63, 3.8) is 0 Å². The van der Waals surface area contributed by atoms with Gasteiger partial charge < -0.3 is 0 Å². The topological polar surface area (TPSA) is 17.1 Å². The average Bonchev–Trinajstić information content (AvgIpc) is 2.15. The highest BCUT2D eigenvalue weighted by Crippen LogP contribution is 2.41. The summed E-state index contributed by atoms with van der Waals surface area (Å²) in [7, 11) is 0. The van der Waals surface area contributed by atoms with Gasteiger partial charge in [-0.3, -0.25) is 4.79 Å². The second kappa shape index (κ2) is 6.51. The number of carbonyl (C=O) groups excluding carboxylic acids is 1. The van der Waals surface area contributed by atoms with Crippen LogP contribution in [0.15, 0.2) is 0 Å². The lowest BCUT2D eigenvalue weighted by atomic mass is 10.0. The summed E-state index contributed by atoms with van der Waals surface area (Å²) >= 11 is 0.479. The number of thioether (sulfide) groups is 1. The first kappa shape index (κ1) is 16.6. The van der Waals surface area contributed by atoms with Gasteiger partial charge in [-0.15, -0.1) is 0 Å². The Morgan fingerprint density at radius 3 is 2.18 bits per heavy atom. The highest BCUT2D eigenvalue weighted by molar-refractivity contribution is 8.13. The van der Waals surface area contributed by atoms with Gasteiger partial charge in [-0.25, -0.2) is 8.78 Å². The summed E-state index contributed by atoms with van der Waals surface area (Å²) in [5, 5.41) is -0.476. The summed E-state index contributed by atoms with van der Waals surface area (Å²) in [5.41, 5.74) is 0. The second-order valence-corrected chi connectivity index (χ2v) is 4.73. The molecule has 0 aliphatic rings. The molecule has 1 nitrogen and oxygen atoms in total. The SMILES string of the molecule is CC(=O)SCCC(F)(F)C(F)(F)CC(F)CF. The van der Waals surface area contributed by atoms with Gasteiger partial charge in [-0.1, -0.05) is 11.8 Å². The minimum absolute atomic E-state index is 0.476. The van der Waals surface area contributed by atoms with Crippen molar-refractivity contribution in [1.29, 1.82) is 0 Å². The maximum atomic E-state index is 13.0. The zero-order valence-corrected chi connectivity index (χ0v) is 9.81. The van der Waals surface area contributed by atoms with Crippen LogP contribution in [0, 0.1) is 0 Å². The zero-order chi connectivity index (χ0) is 13.7. The van der Waals surface area contributed by atoms with Gasteiger partial charge in [0, 0.05) is 19.1 Å². The number of halogens is 6. The van der Waals surface area contributed by atoms with Crippen LogP contribution >= 0.6 is 11.8 Å². The van der Waals surface area contributed by atoms with Crippen LogP contribution in [0.3, 0.4) is 0 Å². The van der Waals surface area contributed by atoms with Crippen molar-refractivity contribution in [2.24, 2.45) is 0 Å². The highest BCUT2D eigenvalue weighted by atomic mass is 32.2. The number of carbonyl (C=O) groups is 1. The molecule has 0 aromatic carbocycles. The summed E-state index contributed by atoms with van der Waals surface area (Å²) < 4.78 is 75.8. The third kappa shape index (κ3) is 5.65. The van der Waals surface area contributed by atoms with Crippen molar-refractivity contribution in [2.45, 2.75) is 37.8 Å². The normalized spacial score (nSPS) is 14.8. The van der Waals surface area contributed by atoms with Crippen molar-refractivity contribution < 1.29 is 31.1 Å². The molecule has 0 saturated carbocycles. The van der Waals surface area contributed by atoms with Crippen LogP contribution in [0.2, 0.25) is 0 Å². The van der Waals surface area contributed by atoms with E-state index in [2.05, 4.69) is 0 Å². The van der Waals surface area contributed by atoms with Crippen LogP contribution in [-0.4, -0.2) is 35.6 Å². The van der Waals surface area contributed by atoms with E-state index in [9.17, 15) is 31.1 Å². The molecule has 17 heavy (non-hydrogen) atoms. The van der Waals surface area contributed by atoms with Crippen LogP contribution in [0.1, 0.15) is 19.8 Å². The number of rotatable bonds is 7. The molecular formula is C9H12F6OS. The molecule has 8 heteroatoms. The Labute approximate surface area is 98.9 Å². The molecule has 1 atom stereocenters. The largest absolute Gasteiger partial charge is 0.313 e. The molecule has 0 aliphatic carbocycles. The van der Waals surface area contributed by atoms with Crippen molar-refractivity contribution in [1.82, 2.24) is 0 Å². The third-order valence-electron chi connectivity index (χ3n) is 1.90. The fourth-order valence-corrected chi connectivity index (χ4v) is 1.63.